The molecule has 184 valence electrons. The van der Waals surface area contributed by atoms with E-state index < -0.39 is 0 Å². The quantitative estimate of drug-likeness (QED) is 0.568. The van der Waals surface area contributed by atoms with Crippen molar-refractivity contribution < 1.29 is 4.79 Å². The minimum atomic E-state index is -0.0608. The predicted molar refractivity (Wildman–Crippen MR) is 145 cm³/mol. The van der Waals surface area contributed by atoms with Crippen LogP contribution in [0, 0.1) is 5.92 Å². The highest BCUT2D eigenvalue weighted by atomic mass is 16.1. The normalized spacial score (nSPS) is 20.7. The summed E-state index contributed by atoms with van der Waals surface area (Å²) in [6.07, 6.45) is 3.72. The maximum absolute atomic E-state index is 13.4. The molecule has 0 spiro atoms. The molecule has 0 radical (unpaired) electrons. The molecule has 1 aliphatic heterocycles. The molecular formula is C30H33N5O. The van der Waals surface area contributed by atoms with Gasteiger partial charge in [0.2, 0.25) is 5.91 Å². The lowest BCUT2D eigenvalue weighted by molar-refractivity contribution is -0.126. The lowest BCUT2D eigenvalue weighted by Crippen LogP contribution is -2.50. The van der Waals surface area contributed by atoms with Crippen molar-refractivity contribution in [1.82, 2.24) is 15.6 Å². The summed E-state index contributed by atoms with van der Waals surface area (Å²) in [6, 6.07) is 25.5. The Morgan fingerprint density at radius 1 is 0.833 bits per heavy atom. The Morgan fingerprint density at radius 2 is 1.42 bits per heavy atom. The average molecular weight is 480 g/mol. The molecule has 3 aliphatic rings. The van der Waals surface area contributed by atoms with Crippen molar-refractivity contribution in [3.05, 3.63) is 89.5 Å². The molecule has 1 amide bonds. The van der Waals surface area contributed by atoms with Crippen LogP contribution in [0.5, 0.6) is 0 Å². The number of carbonyl (C=O) groups excluding carboxylic acids is 1. The number of fused-ring (bicyclic) bond motifs is 4. The lowest BCUT2D eigenvalue weighted by Gasteiger charge is -2.37. The fourth-order valence-corrected chi connectivity index (χ4v) is 5.97. The molecule has 36 heavy (non-hydrogen) atoms. The molecular weight excluding hydrogens is 446 g/mol. The Kier molecular flexibility index (Phi) is 5.97. The van der Waals surface area contributed by atoms with Crippen molar-refractivity contribution in [2.45, 2.75) is 37.8 Å². The number of nitrogens with one attached hydrogen (secondary N) is 2. The minimum Gasteiger partial charge on any atom is -0.362 e. The second-order valence-corrected chi connectivity index (χ2v) is 10.3. The molecule has 0 atom stereocenters. The maximum atomic E-state index is 13.4. The van der Waals surface area contributed by atoms with Crippen LogP contribution in [-0.4, -0.2) is 43.4 Å². The van der Waals surface area contributed by atoms with E-state index in [9.17, 15) is 4.79 Å². The van der Waals surface area contributed by atoms with Gasteiger partial charge in [-0.3, -0.25) is 9.80 Å². The van der Waals surface area contributed by atoms with Gasteiger partial charge in [-0.1, -0.05) is 60.7 Å². The first-order chi connectivity index (χ1) is 17.6. The van der Waals surface area contributed by atoms with Crippen molar-refractivity contribution in [3.8, 4) is 11.1 Å². The van der Waals surface area contributed by atoms with E-state index in [2.05, 4.69) is 93.4 Å². The predicted octanol–water partition coefficient (Wildman–Crippen LogP) is 4.72. The van der Waals surface area contributed by atoms with E-state index in [0.717, 1.165) is 42.8 Å². The van der Waals surface area contributed by atoms with Crippen molar-refractivity contribution in [2.24, 2.45) is 10.9 Å². The van der Waals surface area contributed by atoms with Gasteiger partial charge in [-0.05, 0) is 60.1 Å². The summed E-state index contributed by atoms with van der Waals surface area (Å²) in [7, 11) is 4.07. The molecule has 0 aromatic heterocycles. The first-order valence-electron chi connectivity index (χ1n) is 12.9. The highest BCUT2D eigenvalue weighted by Crippen LogP contribution is 2.43. The number of amides is 1. The molecule has 3 aromatic rings. The molecule has 0 unspecified atom stereocenters. The summed E-state index contributed by atoms with van der Waals surface area (Å²) < 4.78 is 0. The van der Waals surface area contributed by atoms with Gasteiger partial charge in [-0.25, -0.2) is 10.4 Å². The smallest absolute Gasteiger partial charge is 0.223 e. The molecule has 6 heteroatoms. The number of aliphatic imine (C=N–C) groups is 1. The molecule has 0 bridgehead atoms. The van der Waals surface area contributed by atoms with Gasteiger partial charge >= 0.3 is 0 Å². The third kappa shape index (κ3) is 4.05. The van der Waals surface area contributed by atoms with Crippen LogP contribution in [0.3, 0.4) is 0 Å². The standard InChI is InChI=1S/C30H33N5O/c1-34(2)29-26-13-7-8-14-27(26)35(19-31-29)33-21-17-15-20(16-18-21)30(36)32-28-24-11-5-3-9-22(24)23-10-4-6-12-25(23)28/h3-14,20-21,28,33H,15-19H2,1-2H3,(H,32,36)/t20-,21+. The molecule has 6 rings (SSSR count). The molecule has 1 saturated carbocycles. The number of carbonyl (C=O) groups is 1. The zero-order valence-electron chi connectivity index (χ0n) is 20.9. The van der Waals surface area contributed by atoms with Gasteiger partial charge < -0.3 is 10.2 Å². The molecule has 3 aromatic carbocycles. The lowest BCUT2D eigenvalue weighted by atomic mass is 9.85. The SMILES string of the molecule is CN(C)C1=NCN(N[C@H]2CC[C@@H](C(=O)NC3c4ccccc4-c4ccccc43)CC2)c2ccccc21. The van der Waals surface area contributed by atoms with Gasteiger partial charge in [0, 0.05) is 31.6 Å². The summed E-state index contributed by atoms with van der Waals surface area (Å²) in [5.41, 5.74) is 10.9. The third-order valence-corrected chi connectivity index (χ3v) is 7.78. The van der Waals surface area contributed by atoms with E-state index in [1.54, 1.807) is 0 Å². The Labute approximate surface area is 213 Å². The fourth-order valence-electron chi connectivity index (χ4n) is 5.97. The number of hydrogen-bond acceptors (Lipinski definition) is 5. The Hall–Kier alpha value is -3.64. The number of benzene rings is 3. The van der Waals surface area contributed by atoms with Crippen LogP contribution in [0.25, 0.3) is 11.1 Å². The van der Waals surface area contributed by atoms with Crippen LogP contribution in [0.4, 0.5) is 5.69 Å². The van der Waals surface area contributed by atoms with E-state index in [-0.39, 0.29) is 17.9 Å². The molecule has 2 N–H and O–H groups in total. The van der Waals surface area contributed by atoms with Gasteiger partial charge in [-0.2, -0.15) is 0 Å². The van der Waals surface area contributed by atoms with Crippen LogP contribution in [0.2, 0.25) is 0 Å². The van der Waals surface area contributed by atoms with Crippen LogP contribution < -0.4 is 15.8 Å². The second kappa shape index (κ2) is 9.43. The summed E-state index contributed by atoms with van der Waals surface area (Å²) in [5.74, 6) is 1.24. The number of para-hydroxylation sites is 1. The van der Waals surface area contributed by atoms with Gasteiger partial charge in [-0.15, -0.1) is 0 Å². The number of nitrogens with zero attached hydrogens (tertiary/aromatic N) is 3. The number of rotatable bonds is 4. The van der Waals surface area contributed by atoms with Gasteiger partial charge in [0.15, 0.2) is 0 Å². The van der Waals surface area contributed by atoms with Crippen molar-refractivity contribution in [2.75, 3.05) is 25.8 Å². The second-order valence-electron chi connectivity index (χ2n) is 10.3. The monoisotopic (exact) mass is 479 g/mol. The zero-order chi connectivity index (χ0) is 24.6. The van der Waals surface area contributed by atoms with E-state index in [4.69, 9.17) is 4.99 Å². The highest BCUT2D eigenvalue weighted by molar-refractivity contribution is 6.04. The van der Waals surface area contributed by atoms with Gasteiger partial charge in [0.25, 0.3) is 0 Å². The minimum absolute atomic E-state index is 0.0509. The summed E-state index contributed by atoms with van der Waals surface area (Å²) in [4.78, 5) is 20.2. The number of anilines is 1. The van der Waals surface area contributed by atoms with E-state index >= 15 is 0 Å². The summed E-state index contributed by atoms with van der Waals surface area (Å²) >= 11 is 0. The Balaban J connectivity index is 1.09. The average Bonchev–Trinajstić information content (AvgIpc) is 3.22. The Morgan fingerprint density at radius 3 is 2.06 bits per heavy atom. The zero-order valence-corrected chi connectivity index (χ0v) is 20.9. The topological polar surface area (TPSA) is 60.0 Å². The number of hydrazine groups is 1. The van der Waals surface area contributed by atoms with Crippen molar-refractivity contribution >= 4 is 17.4 Å². The first kappa shape index (κ1) is 22.8. The highest BCUT2D eigenvalue weighted by Gasteiger charge is 2.33. The number of amidine groups is 1. The van der Waals surface area contributed by atoms with Crippen LogP contribution in [0.15, 0.2) is 77.8 Å². The van der Waals surface area contributed by atoms with Crippen LogP contribution in [-0.2, 0) is 4.79 Å². The Bertz CT molecular complexity index is 1260. The summed E-state index contributed by atoms with van der Waals surface area (Å²) in [6.45, 7) is 0.589. The first-order valence-corrected chi connectivity index (χ1v) is 12.9. The molecule has 6 nitrogen and oxygen atoms in total. The molecule has 1 fully saturated rings. The van der Waals surface area contributed by atoms with Crippen LogP contribution >= 0.6 is 0 Å². The van der Waals surface area contributed by atoms with Gasteiger partial charge in [0.1, 0.15) is 12.5 Å². The van der Waals surface area contributed by atoms with E-state index in [1.165, 1.54) is 22.3 Å². The largest absolute Gasteiger partial charge is 0.362 e. The number of hydrogen-bond donors (Lipinski definition) is 2. The molecule has 0 saturated heterocycles. The van der Waals surface area contributed by atoms with Crippen molar-refractivity contribution in [1.29, 1.82) is 0 Å². The summed E-state index contributed by atoms with van der Waals surface area (Å²) in [5, 5.41) is 5.56. The van der Waals surface area contributed by atoms with E-state index in [1.807, 2.05) is 14.1 Å². The maximum Gasteiger partial charge on any atom is 0.223 e. The van der Waals surface area contributed by atoms with Crippen LogP contribution in [0.1, 0.15) is 48.4 Å². The van der Waals surface area contributed by atoms with E-state index in [0.29, 0.717) is 12.7 Å². The molecule has 1 heterocycles. The fraction of sp³-hybridized carbons (Fsp3) is 0.333. The van der Waals surface area contributed by atoms with Crippen molar-refractivity contribution in [3.63, 3.8) is 0 Å². The molecule has 2 aliphatic carbocycles. The van der Waals surface area contributed by atoms with Gasteiger partial charge in [0.05, 0.1) is 11.7 Å². The third-order valence-electron chi connectivity index (χ3n) is 7.78.